The number of carboxylic acids is 1. The normalized spacial score (nSPS) is 16.1. The van der Waals surface area contributed by atoms with Gasteiger partial charge in [0.1, 0.15) is 47.6 Å². The van der Waals surface area contributed by atoms with E-state index in [2.05, 4.69) is 50.7 Å². The lowest BCUT2D eigenvalue weighted by molar-refractivity contribution is -0.368. The zero-order chi connectivity index (χ0) is 61.3. The van der Waals surface area contributed by atoms with Crippen LogP contribution in [0, 0.1) is 33.1 Å². The van der Waals surface area contributed by atoms with Gasteiger partial charge in [0, 0.05) is 47.0 Å². The maximum atomic E-state index is 14.5. The van der Waals surface area contributed by atoms with Crippen LogP contribution in [0.3, 0.4) is 0 Å². The van der Waals surface area contributed by atoms with E-state index in [0.29, 0.717) is 23.1 Å². The number of nitrogens with one attached hydrogen (secondary N) is 3. The zero-order valence-corrected chi connectivity index (χ0v) is 50.4. The van der Waals surface area contributed by atoms with E-state index in [1.165, 1.54) is 4.90 Å². The topological polar surface area (TPSA) is 285 Å². The van der Waals surface area contributed by atoms with E-state index in [0.717, 1.165) is 73.4 Å². The van der Waals surface area contributed by atoms with Crippen molar-refractivity contribution < 1.29 is 71.7 Å². The fraction of sp³-hybridized carbons (Fsp3) is 0.509. The fourth-order valence-corrected chi connectivity index (χ4v) is 11.3. The van der Waals surface area contributed by atoms with Crippen LogP contribution < -0.4 is 26.8 Å². The number of benzene rings is 2. The molecule has 2 aliphatic heterocycles. The van der Waals surface area contributed by atoms with Crippen LogP contribution in [0.4, 0.5) is 13.2 Å². The highest BCUT2D eigenvalue weighted by Crippen LogP contribution is 2.40. The molecule has 1 fully saturated rings. The minimum atomic E-state index is -5.19. The van der Waals surface area contributed by atoms with Gasteiger partial charge in [-0.1, -0.05) is 68.8 Å². The van der Waals surface area contributed by atoms with Crippen molar-refractivity contribution in [3.8, 4) is 15.4 Å². The third-order valence-electron chi connectivity index (χ3n) is 13.6. The fourth-order valence-electron chi connectivity index (χ4n) is 9.17. The Kier molecular flexibility index (Phi) is 24.5. The van der Waals surface area contributed by atoms with Crippen LogP contribution in [0.25, 0.3) is 15.4 Å². The van der Waals surface area contributed by atoms with E-state index in [9.17, 15) is 37.1 Å². The number of esters is 1. The van der Waals surface area contributed by atoms with Crippen molar-refractivity contribution in [2.45, 2.75) is 124 Å². The lowest BCUT2D eigenvalue weighted by Crippen LogP contribution is -2.58. The molecule has 3 aromatic heterocycles. The molecule has 5 heterocycles. The number of rotatable bonds is 26. The third kappa shape index (κ3) is 18.7. The summed E-state index contributed by atoms with van der Waals surface area (Å²) in [6.45, 7) is 15.5. The summed E-state index contributed by atoms with van der Waals surface area (Å²) in [6, 6.07) is 12.8. The van der Waals surface area contributed by atoms with Crippen LogP contribution in [0.2, 0.25) is 5.02 Å². The Labute approximate surface area is 498 Å². The number of carboxylic acid groups (broad SMARTS) is 1. The highest BCUT2D eigenvalue weighted by molar-refractivity contribution is 7.15. The number of aliphatic carboxylic acids is 1. The van der Waals surface area contributed by atoms with Gasteiger partial charge in [-0.05, 0) is 81.2 Å². The lowest BCUT2D eigenvalue weighted by Gasteiger charge is -2.35. The Morgan fingerprint density at radius 3 is 2.14 bits per heavy atom. The summed E-state index contributed by atoms with van der Waals surface area (Å²) < 4.78 is 56.4. The van der Waals surface area contributed by atoms with Crippen LogP contribution in [0.5, 0.6) is 0 Å². The van der Waals surface area contributed by atoms with Crippen molar-refractivity contribution >= 4 is 75.6 Å². The molecule has 5 aromatic rings. The first-order chi connectivity index (χ1) is 39.9. The Hall–Kier alpha value is -6.68. The summed E-state index contributed by atoms with van der Waals surface area (Å²) in [6.07, 6.45) is -3.06. The number of carbonyl (C=O) groups is 6. The average molecular weight is 1230 g/mol. The molecule has 0 radical (unpaired) electrons. The molecule has 0 aliphatic carbocycles. The van der Waals surface area contributed by atoms with Crippen molar-refractivity contribution in [3.05, 3.63) is 104 Å². The number of ether oxygens (including phenoxy) is 4. The number of hydrogen-bond acceptors (Lipinski definition) is 17. The van der Waals surface area contributed by atoms with Crippen LogP contribution in [0.15, 0.2) is 59.0 Å². The number of fused-ring (bicyclic) bond motifs is 3. The number of unbranched alkanes of at least 4 members (excludes halogenated alkanes) is 2. The van der Waals surface area contributed by atoms with Crippen LogP contribution >= 0.6 is 34.3 Å². The monoisotopic (exact) mass is 1230 g/mol. The van der Waals surface area contributed by atoms with Gasteiger partial charge in [0.2, 0.25) is 23.6 Å². The number of aromatic nitrogens is 4. The number of halogens is 4. The number of amides is 4. The molecule has 2 aliphatic rings. The van der Waals surface area contributed by atoms with E-state index in [-0.39, 0.29) is 96.3 Å². The lowest BCUT2D eigenvalue weighted by atomic mass is 9.85. The van der Waals surface area contributed by atoms with Crippen molar-refractivity contribution in [2.75, 3.05) is 59.3 Å². The van der Waals surface area contributed by atoms with Gasteiger partial charge >= 0.3 is 12.1 Å². The molecule has 0 unspecified atom stereocenters. The quantitative estimate of drug-likeness (QED) is 0.0407. The van der Waals surface area contributed by atoms with Crippen LogP contribution in [-0.2, 0) is 54.3 Å². The number of hydrogen-bond donors (Lipinski definition) is 4. The molecule has 4 atom stereocenters. The molecule has 21 nitrogen and oxygen atoms in total. The summed E-state index contributed by atoms with van der Waals surface area (Å²) in [5, 5.41) is 28.0. The van der Waals surface area contributed by atoms with Gasteiger partial charge in [0.05, 0.1) is 74.3 Å². The van der Waals surface area contributed by atoms with E-state index in [4.69, 9.17) is 45.4 Å². The smallest absolute Gasteiger partial charge is 0.430 e. The summed E-state index contributed by atoms with van der Waals surface area (Å²) in [4.78, 5) is 89.8. The van der Waals surface area contributed by atoms with Crippen LogP contribution in [0.1, 0.15) is 110 Å². The molecule has 1 saturated heterocycles. The van der Waals surface area contributed by atoms with Gasteiger partial charge in [-0.3, -0.25) is 33.5 Å². The molecule has 27 heteroatoms. The van der Waals surface area contributed by atoms with Gasteiger partial charge in [-0.2, -0.15) is 13.2 Å². The molecule has 0 saturated carbocycles. The van der Waals surface area contributed by atoms with Crippen molar-refractivity contribution in [1.29, 1.82) is 0 Å². The summed E-state index contributed by atoms with van der Waals surface area (Å²) in [5.74, 6) is -3.66. The number of alkyl halides is 3. The number of carbonyl (C=O) groups excluding carboxylic acids is 6. The Morgan fingerprint density at radius 2 is 1.51 bits per heavy atom. The molecule has 4 amide bonds. The second-order valence-electron chi connectivity index (χ2n) is 21.1. The van der Waals surface area contributed by atoms with E-state index < -0.39 is 53.6 Å². The largest absolute Gasteiger partial charge is 0.542 e. The van der Waals surface area contributed by atoms with E-state index >= 15 is 0 Å². The second kappa shape index (κ2) is 30.9. The molecular formula is C57H72ClF3N10O11S2. The van der Waals surface area contributed by atoms with Crippen molar-refractivity contribution in [1.82, 2.24) is 40.6 Å². The average Bonchev–Trinajstić information content (AvgIpc) is 2.31. The van der Waals surface area contributed by atoms with Gasteiger partial charge in [-0.25, -0.2) is 4.98 Å². The maximum Gasteiger partial charge on any atom is 0.430 e. The van der Waals surface area contributed by atoms with Gasteiger partial charge in [0.15, 0.2) is 5.82 Å². The minimum absolute atomic E-state index is 0.00422. The molecule has 456 valence electrons. The first kappa shape index (κ1) is 66.5. The van der Waals surface area contributed by atoms with Gasteiger partial charge in [-0.15, -0.1) is 32.9 Å². The first-order valence-electron chi connectivity index (χ1n) is 27.4. The van der Waals surface area contributed by atoms with Crippen molar-refractivity contribution in [3.63, 3.8) is 0 Å². The van der Waals surface area contributed by atoms with E-state index in [1.54, 1.807) is 22.7 Å². The number of aliphatic imine (C=N–C) groups is 1. The summed E-state index contributed by atoms with van der Waals surface area (Å²) in [5.41, 5.74) is 11.5. The summed E-state index contributed by atoms with van der Waals surface area (Å²) >= 11 is 9.46. The number of thiophene rings is 1. The molecule has 6 N–H and O–H groups in total. The number of quaternary nitrogens is 1. The first-order valence-corrected chi connectivity index (χ1v) is 29.4. The Morgan fingerprint density at radius 1 is 0.857 bits per heavy atom. The predicted octanol–water partition coefficient (Wildman–Crippen LogP) is 5.25. The van der Waals surface area contributed by atoms with Gasteiger partial charge in [0.25, 0.3) is 0 Å². The molecular weight excluding hydrogens is 1160 g/mol. The molecule has 7 rings (SSSR count). The van der Waals surface area contributed by atoms with Crippen molar-refractivity contribution in [2.24, 2.45) is 10.4 Å². The number of thiazole rings is 1. The molecule has 84 heavy (non-hydrogen) atoms. The molecule has 0 spiro atoms. The minimum Gasteiger partial charge on any atom is -0.542 e. The highest BCUT2D eigenvalue weighted by Gasteiger charge is 2.46. The zero-order valence-electron chi connectivity index (χ0n) is 48.0. The Balaban J connectivity index is 0.00000152. The SMILES string of the molecule is Cc1ncsc1-c1ccc(CNC(=O)[C@@H]2C[C@@H](OC(=O)CCCCC[NH3+])CN2C(=O)[C@@H](NC(=O)COCCOCCOCCNC(=O)C[C@@H]2N=C(c3ccc(Cl)cc3)c3c(sc(C)c3C)-n3c(C)nnc32)C(C)(C)C)cc1.O=C([O-])C(F)(F)F. The molecule has 0 bridgehead atoms. The second-order valence-corrected chi connectivity index (χ2v) is 23.6. The summed E-state index contributed by atoms with van der Waals surface area (Å²) in [7, 11) is 0. The maximum absolute atomic E-state index is 14.5. The third-order valence-corrected chi connectivity index (χ3v) is 16.1. The number of nitrogens with zero attached hydrogens (tertiary/aromatic N) is 6. The predicted molar refractivity (Wildman–Crippen MR) is 306 cm³/mol. The van der Waals surface area contributed by atoms with E-state index in [1.807, 2.05) is 93.2 Å². The number of likely N-dealkylation sites (tertiary alicyclic amines) is 1. The number of aryl methyl sites for hydroxylation is 3. The standard InChI is InChI=1S/C55H71ClN10O9S2.C2HF3O2/c1-33-35(3)77-54-47(33)48(38-16-18-40(56)19-17-38)61-42(51-64-63-36(4)66(51)54)28-44(67)58-21-22-72-23-24-73-25-26-74-31-45(68)62-50(55(5,6)7)53(71)65-30-41(75-46(69)11-9-8-10-20-57)27-43(65)52(70)59-29-37-12-14-39(15-13-37)49-34(2)60-32-76-49;3-2(4,5)1(6)7/h12-19,32,41-43,50H,8-11,20-31,57H2,1-7H3,(H,58,67)(H,59,70)(H,62,68);(H,6,7)/t41-,42+,43+,50-;/m1./s1. The highest BCUT2D eigenvalue weighted by atomic mass is 35.5. The Bertz CT molecular complexity index is 3090. The van der Waals surface area contributed by atoms with Gasteiger partial charge < -0.3 is 55.4 Å². The molecule has 2 aromatic carbocycles. The van der Waals surface area contributed by atoms with Crippen LogP contribution in [-0.4, -0.2) is 150 Å².